The molecule has 0 radical (unpaired) electrons. The Labute approximate surface area is 55.4 Å². The van der Waals surface area contributed by atoms with Crippen LogP contribution in [0.15, 0.2) is 0 Å². The van der Waals surface area contributed by atoms with Crippen LogP contribution in [0.1, 0.15) is 25.7 Å². The highest BCUT2D eigenvalue weighted by atomic mass is 16.5. The van der Waals surface area contributed by atoms with E-state index in [1.165, 1.54) is 25.7 Å². The van der Waals surface area contributed by atoms with Gasteiger partial charge in [0.05, 0.1) is 5.60 Å². The highest BCUT2D eigenvalue weighted by Gasteiger charge is 2.69. The molecule has 1 aliphatic heterocycles. The molecule has 3 unspecified atom stereocenters. The van der Waals surface area contributed by atoms with Crippen LogP contribution in [0.4, 0.5) is 0 Å². The van der Waals surface area contributed by atoms with E-state index in [0.29, 0.717) is 5.60 Å². The molecule has 0 aromatic heterocycles. The van der Waals surface area contributed by atoms with E-state index in [1.54, 1.807) is 0 Å². The molecule has 1 nitrogen and oxygen atoms in total. The first-order valence-corrected chi connectivity index (χ1v) is 4.07. The maximum Gasteiger partial charge on any atom is 0.0746 e. The number of rotatable bonds is 0. The Hall–Kier alpha value is -0.0400. The number of hydrogen-bond donors (Lipinski definition) is 0. The van der Waals surface area contributed by atoms with E-state index in [9.17, 15) is 0 Å². The molecule has 0 aromatic carbocycles. The highest BCUT2D eigenvalue weighted by Crippen LogP contribution is 2.67. The lowest BCUT2D eigenvalue weighted by Gasteiger charge is -2.06. The molecule has 1 spiro atoms. The van der Waals surface area contributed by atoms with E-state index in [-0.39, 0.29) is 0 Å². The van der Waals surface area contributed by atoms with Crippen LogP contribution in [-0.4, -0.2) is 12.2 Å². The van der Waals surface area contributed by atoms with Crippen molar-refractivity contribution in [3.8, 4) is 0 Å². The van der Waals surface area contributed by atoms with Crippen LogP contribution in [0, 0.1) is 11.8 Å². The average molecular weight is 124 g/mol. The van der Waals surface area contributed by atoms with E-state index in [1.807, 2.05) is 0 Å². The van der Waals surface area contributed by atoms with Crippen molar-refractivity contribution < 1.29 is 4.74 Å². The van der Waals surface area contributed by atoms with Crippen molar-refractivity contribution in [2.75, 3.05) is 6.61 Å². The van der Waals surface area contributed by atoms with Gasteiger partial charge in [-0.3, -0.25) is 0 Å². The van der Waals surface area contributed by atoms with Gasteiger partial charge in [-0.05, 0) is 31.1 Å². The molecule has 1 heterocycles. The third-order valence-electron chi connectivity index (χ3n) is 3.51. The third-order valence-corrected chi connectivity index (χ3v) is 3.51. The van der Waals surface area contributed by atoms with Gasteiger partial charge < -0.3 is 4.74 Å². The Balaban J connectivity index is 1.96. The zero-order chi connectivity index (χ0) is 5.90. The second-order valence-electron chi connectivity index (χ2n) is 3.70. The smallest absolute Gasteiger partial charge is 0.0746 e. The lowest BCUT2D eigenvalue weighted by molar-refractivity contribution is 0.0583. The minimum atomic E-state index is 0.472. The van der Waals surface area contributed by atoms with Crippen molar-refractivity contribution in [1.82, 2.24) is 0 Å². The van der Waals surface area contributed by atoms with Crippen molar-refractivity contribution in [1.29, 1.82) is 0 Å². The van der Waals surface area contributed by atoms with Crippen LogP contribution < -0.4 is 0 Å². The molecule has 1 heteroatoms. The Morgan fingerprint density at radius 2 is 2.11 bits per heavy atom. The first kappa shape index (κ1) is 4.73. The Morgan fingerprint density at radius 1 is 1.22 bits per heavy atom. The molecular formula is C8H12O. The molecule has 3 aliphatic rings. The summed E-state index contributed by atoms with van der Waals surface area (Å²) in [5, 5.41) is 0. The number of ether oxygens (including phenoxy) is 1. The summed E-state index contributed by atoms with van der Waals surface area (Å²) in [5.74, 6) is 2.01. The van der Waals surface area contributed by atoms with E-state index < -0.39 is 0 Å². The molecule has 1 saturated heterocycles. The Bertz CT molecular complexity index is 135. The quantitative estimate of drug-likeness (QED) is 0.476. The highest BCUT2D eigenvalue weighted by molar-refractivity contribution is 5.19. The van der Waals surface area contributed by atoms with Crippen molar-refractivity contribution in [3.05, 3.63) is 0 Å². The zero-order valence-electron chi connectivity index (χ0n) is 5.60. The predicted molar refractivity (Wildman–Crippen MR) is 34.1 cm³/mol. The summed E-state index contributed by atoms with van der Waals surface area (Å²) in [5.41, 5.74) is 0.472. The van der Waals surface area contributed by atoms with Crippen LogP contribution in [0.3, 0.4) is 0 Å². The van der Waals surface area contributed by atoms with Crippen molar-refractivity contribution in [3.63, 3.8) is 0 Å². The SMILES string of the molecule is C1CC2C3CCOC23C1. The fraction of sp³-hybridized carbons (Fsp3) is 1.00. The molecule has 3 atom stereocenters. The summed E-state index contributed by atoms with van der Waals surface area (Å²) >= 11 is 0. The molecule has 0 N–H and O–H groups in total. The zero-order valence-corrected chi connectivity index (χ0v) is 5.60. The van der Waals surface area contributed by atoms with Crippen LogP contribution in [0.2, 0.25) is 0 Å². The average Bonchev–Trinajstić information content (AvgIpc) is 2.40. The number of hydrogen-bond acceptors (Lipinski definition) is 1. The van der Waals surface area contributed by atoms with Gasteiger partial charge in [0.25, 0.3) is 0 Å². The Morgan fingerprint density at radius 3 is 2.89 bits per heavy atom. The summed E-state index contributed by atoms with van der Waals surface area (Å²) in [4.78, 5) is 0. The monoisotopic (exact) mass is 124 g/mol. The second-order valence-corrected chi connectivity index (χ2v) is 3.70. The summed E-state index contributed by atoms with van der Waals surface area (Å²) in [7, 11) is 0. The van der Waals surface area contributed by atoms with Gasteiger partial charge in [-0.15, -0.1) is 0 Å². The fourth-order valence-electron chi connectivity index (χ4n) is 3.10. The third kappa shape index (κ3) is 0.362. The van der Waals surface area contributed by atoms with Gasteiger partial charge in [-0.2, -0.15) is 0 Å². The first-order chi connectivity index (χ1) is 4.43. The van der Waals surface area contributed by atoms with E-state index >= 15 is 0 Å². The summed E-state index contributed by atoms with van der Waals surface area (Å²) in [6.45, 7) is 1.06. The molecule has 0 amide bonds. The second kappa shape index (κ2) is 1.20. The lowest BCUT2D eigenvalue weighted by Crippen LogP contribution is -2.09. The van der Waals surface area contributed by atoms with Crippen LogP contribution >= 0.6 is 0 Å². The molecule has 9 heavy (non-hydrogen) atoms. The summed E-state index contributed by atoms with van der Waals surface area (Å²) in [6, 6.07) is 0. The van der Waals surface area contributed by atoms with Crippen LogP contribution in [-0.2, 0) is 4.74 Å². The molecule has 2 saturated carbocycles. The Kier molecular flexibility index (Phi) is 0.628. The molecule has 0 aromatic rings. The largest absolute Gasteiger partial charge is 0.374 e. The van der Waals surface area contributed by atoms with Crippen molar-refractivity contribution >= 4 is 0 Å². The van der Waals surface area contributed by atoms with E-state index in [0.717, 1.165) is 18.4 Å². The predicted octanol–water partition coefficient (Wildman–Crippen LogP) is 1.58. The van der Waals surface area contributed by atoms with E-state index in [2.05, 4.69) is 0 Å². The molecule has 3 rings (SSSR count). The van der Waals surface area contributed by atoms with Crippen LogP contribution in [0.5, 0.6) is 0 Å². The van der Waals surface area contributed by atoms with Gasteiger partial charge in [0.15, 0.2) is 0 Å². The van der Waals surface area contributed by atoms with Gasteiger partial charge in [-0.1, -0.05) is 6.42 Å². The molecule has 3 fully saturated rings. The lowest BCUT2D eigenvalue weighted by atomic mass is 10.1. The molecule has 2 aliphatic carbocycles. The maximum atomic E-state index is 5.74. The first-order valence-electron chi connectivity index (χ1n) is 4.07. The summed E-state index contributed by atoms with van der Waals surface area (Å²) < 4.78 is 5.74. The molecule has 0 bridgehead atoms. The molecule has 50 valence electrons. The normalized spacial score (nSPS) is 61.3. The van der Waals surface area contributed by atoms with Gasteiger partial charge >= 0.3 is 0 Å². The fourth-order valence-corrected chi connectivity index (χ4v) is 3.10. The minimum Gasteiger partial charge on any atom is -0.374 e. The van der Waals surface area contributed by atoms with Gasteiger partial charge in [0, 0.05) is 6.61 Å². The number of fused-ring (bicyclic) bond motifs is 1. The summed E-state index contributed by atoms with van der Waals surface area (Å²) in [6.07, 6.45) is 5.64. The van der Waals surface area contributed by atoms with E-state index in [4.69, 9.17) is 4.74 Å². The topological polar surface area (TPSA) is 9.23 Å². The van der Waals surface area contributed by atoms with Gasteiger partial charge in [0.1, 0.15) is 0 Å². The van der Waals surface area contributed by atoms with Crippen molar-refractivity contribution in [2.45, 2.75) is 31.3 Å². The molecular weight excluding hydrogens is 112 g/mol. The van der Waals surface area contributed by atoms with Gasteiger partial charge in [0.2, 0.25) is 0 Å². The van der Waals surface area contributed by atoms with Crippen molar-refractivity contribution in [2.24, 2.45) is 11.8 Å². The standard InChI is InChI=1S/C8H12O/c1-2-6-7-3-5-9-8(6,7)4-1/h6-7H,1-5H2. The minimum absolute atomic E-state index is 0.472. The van der Waals surface area contributed by atoms with Crippen LogP contribution in [0.25, 0.3) is 0 Å². The maximum absolute atomic E-state index is 5.74. The van der Waals surface area contributed by atoms with Gasteiger partial charge in [-0.25, -0.2) is 0 Å².